The van der Waals surface area contributed by atoms with Crippen molar-refractivity contribution in [2.24, 2.45) is 29.4 Å². The number of carbonyl (C=O) groups excluding carboxylic acids is 7. The first kappa shape index (κ1) is 52.7. The fraction of sp³-hybridized carbons (Fsp3) is 0.638. The molecule has 0 spiro atoms. The number of carbonyl (C=O) groups is 8. The number of urea groups is 1. The van der Waals surface area contributed by atoms with Gasteiger partial charge in [0.25, 0.3) is 11.8 Å². The van der Waals surface area contributed by atoms with Crippen LogP contribution in [0.25, 0.3) is 0 Å². The van der Waals surface area contributed by atoms with Crippen molar-refractivity contribution in [2.45, 2.75) is 83.6 Å². The number of benzene rings is 1. The van der Waals surface area contributed by atoms with Gasteiger partial charge < -0.3 is 62.5 Å². The largest absolute Gasteiger partial charge is 0.481 e. The summed E-state index contributed by atoms with van der Waals surface area (Å²) in [7, 11) is 2.13. The standard InChI is InChI=1S/C46H65N7O13.CH3/c1-28(2)40(50-37(55)12-19-63-21-23-65-24-22-64-20-16-52-42(57)32-26-33(32)43(52)58)34(54)25-30(5-4-13-48-46(47)62)41(56)49-31-8-6-29(7-9-31)27-53(3)17-14-51(15-18-53)44(59)38-35-10-11-36(66-35)39(38)45(60)61;/h6-9,28,30,35-36,38-40H,4-5,10-27H2,1-3H3,(H5-,47,48,49,50,55,56,60,61,62);1H3/q;-1/p+1/t30-,35?,36?,38?,39?,40+;/m1./s1. The molecule has 20 nitrogen and oxygen atoms in total. The van der Waals surface area contributed by atoms with Gasteiger partial charge in [-0.05, 0) is 43.7 Å². The predicted octanol–water partition coefficient (Wildman–Crippen LogP) is 1.42. The van der Waals surface area contributed by atoms with Crippen LogP contribution in [0.2, 0.25) is 0 Å². The van der Waals surface area contributed by atoms with Gasteiger partial charge in [-0.25, -0.2) is 4.79 Å². The Kier molecular flexibility index (Phi) is 19.0. The predicted molar refractivity (Wildman–Crippen MR) is 242 cm³/mol. The fourth-order valence-electron chi connectivity index (χ4n) is 9.37. The van der Waals surface area contributed by atoms with E-state index in [1.807, 2.05) is 26.0 Å². The number of Topliss-reactive ketones (excluding diaryl/α,β-unsaturated/α-hetero) is 1. The summed E-state index contributed by atoms with van der Waals surface area (Å²) in [5.74, 6) is -5.05. The lowest BCUT2D eigenvalue weighted by atomic mass is 9.78. The summed E-state index contributed by atoms with van der Waals surface area (Å²) in [6.45, 7) is 8.54. The SMILES string of the molecule is CC(C)[C@H](NC(=O)CCOCCOCCOCCN1C(=O)C2=C(C2)C1=O)C(=O)C[C@@H](CCCNC(N)=O)C(=O)Nc1ccc(C[N+]2(C)CCN(C(=O)C3C4CCC(O4)C3C(=O)O)CC2)cc1.[CH3-]. The topological polar surface area (TPSA) is 262 Å². The van der Waals surface area contributed by atoms with Crippen LogP contribution in [0.3, 0.4) is 0 Å². The smallest absolute Gasteiger partial charge is 0.312 e. The molecule has 6 atom stereocenters. The van der Waals surface area contributed by atoms with Gasteiger partial charge in [-0.15, -0.1) is 0 Å². The molecule has 1 aromatic carbocycles. The Morgan fingerprint density at radius 3 is 2.07 bits per heavy atom. The van der Waals surface area contributed by atoms with E-state index in [-0.39, 0.29) is 133 Å². The second-order valence-corrected chi connectivity index (χ2v) is 18.5. The number of aliphatic carboxylic acids is 1. The van der Waals surface area contributed by atoms with Crippen LogP contribution in [0.15, 0.2) is 35.4 Å². The average Bonchev–Trinajstić information content (AvgIpc) is 3.71. The molecule has 3 saturated heterocycles. The number of anilines is 1. The van der Waals surface area contributed by atoms with Crippen LogP contribution in [-0.2, 0) is 59.1 Å². The number of piperidine rings is 1. The third-order valence-electron chi connectivity index (χ3n) is 13.2. The van der Waals surface area contributed by atoms with E-state index in [0.717, 1.165) is 5.56 Å². The summed E-state index contributed by atoms with van der Waals surface area (Å²) >= 11 is 0. The molecule has 0 saturated carbocycles. The Morgan fingerprint density at radius 2 is 1.48 bits per heavy atom. The van der Waals surface area contributed by atoms with Gasteiger partial charge in [-0.1, -0.05) is 26.0 Å². The molecule has 67 heavy (non-hydrogen) atoms. The highest BCUT2D eigenvalue weighted by Gasteiger charge is 2.57. The van der Waals surface area contributed by atoms with Gasteiger partial charge in [0, 0.05) is 54.1 Å². The van der Waals surface area contributed by atoms with Crippen LogP contribution in [0.5, 0.6) is 0 Å². The summed E-state index contributed by atoms with van der Waals surface area (Å²) < 4.78 is 23.0. The zero-order chi connectivity index (χ0) is 47.5. The number of hydrogen-bond donors (Lipinski definition) is 5. The molecular weight excluding hydrogens is 871 g/mol. The Labute approximate surface area is 392 Å². The molecule has 1 aromatic rings. The molecule has 2 bridgehead atoms. The summed E-state index contributed by atoms with van der Waals surface area (Å²) in [5.41, 5.74) is 8.03. The lowest BCUT2D eigenvalue weighted by Gasteiger charge is -2.43. The van der Waals surface area contributed by atoms with Crippen LogP contribution in [0.1, 0.15) is 64.4 Å². The summed E-state index contributed by atoms with van der Waals surface area (Å²) in [4.78, 5) is 104. The van der Waals surface area contributed by atoms with Crippen molar-refractivity contribution in [3.8, 4) is 0 Å². The number of likely N-dealkylation sites (N-methyl/N-ethyl adjacent to an activating group) is 1. The maximum absolute atomic E-state index is 13.7. The van der Waals surface area contributed by atoms with Crippen LogP contribution in [0, 0.1) is 31.1 Å². The molecule has 3 fully saturated rings. The van der Waals surface area contributed by atoms with Crippen LogP contribution < -0.4 is 21.7 Å². The molecule has 6 N–H and O–H groups in total. The van der Waals surface area contributed by atoms with E-state index in [0.29, 0.717) is 79.7 Å². The van der Waals surface area contributed by atoms with Crippen LogP contribution in [0.4, 0.5) is 10.5 Å². The number of fused-ring (bicyclic) bond motifs is 2. The van der Waals surface area contributed by atoms with Gasteiger partial charge in [-0.2, -0.15) is 0 Å². The number of hydrogen-bond acceptors (Lipinski definition) is 12. The second kappa shape index (κ2) is 24.1. The van der Waals surface area contributed by atoms with Crippen LogP contribution in [-0.4, -0.2) is 171 Å². The molecule has 0 radical (unpaired) electrons. The van der Waals surface area contributed by atoms with Gasteiger partial charge in [0.2, 0.25) is 17.7 Å². The maximum Gasteiger partial charge on any atom is 0.312 e. The number of ketones is 1. The van der Waals surface area contributed by atoms with Crippen molar-refractivity contribution in [1.29, 1.82) is 0 Å². The molecule has 6 rings (SSSR count). The highest BCUT2D eigenvalue weighted by Crippen LogP contribution is 2.44. The average molecular weight is 940 g/mol. The minimum absolute atomic E-state index is 0. The quantitative estimate of drug-likeness (QED) is 0.0362. The molecule has 4 unspecified atom stereocenters. The Balaban J connectivity index is 0.00000840. The lowest BCUT2D eigenvalue weighted by molar-refractivity contribution is -0.926. The molecule has 4 aliphatic heterocycles. The summed E-state index contributed by atoms with van der Waals surface area (Å²) in [5, 5.41) is 18.1. The molecule has 0 aromatic heterocycles. The third kappa shape index (κ3) is 14.1. The summed E-state index contributed by atoms with van der Waals surface area (Å²) in [6, 6.07) is 5.94. The lowest BCUT2D eigenvalue weighted by Crippen LogP contribution is -2.59. The number of nitrogens with zero attached hydrogens (tertiary/aromatic N) is 3. The van der Waals surface area contributed by atoms with Gasteiger partial charge >= 0.3 is 12.0 Å². The van der Waals surface area contributed by atoms with Gasteiger partial charge in [-0.3, -0.25) is 38.5 Å². The number of carboxylic acids is 1. The van der Waals surface area contributed by atoms with Crippen molar-refractivity contribution in [3.63, 3.8) is 0 Å². The molecule has 7 amide bonds. The van der Waals surface area contributed by atoms with Gasteiger partial charge in [0.1, 0.15) is 6.54 Å². The Bertz CT molecular complexity index is 1980. The van der Waals surface area contributed by atoms with E-state index in [1.54, 1.807) is 17.0 Å². The number of rotatable bonds is 27. The first-order valence-electron chi connectivity index (χ1n) is 23.1. The normalized spacial score (nSPS) is 22.3. The zero-order valence-electron chi connectivity index (χ0n) is 39.3. The van der Waals surface area contributed by atoms with E-state index in [4.69, 9.17) is 24.7 Å². The number of nitrogens with one attached hydrogen (secondary N) is 3. The Hall–Kier alpha value is -5.28. The molecule has 20 heteroatoms. The molecule has 5 aliphatic rings. The van der Waals surface area contributed by atoms with Crippen molar-refractivity contribution in [3.05, 3.63) is 48.4 Å². The first-order chi connectivity index (χ1) is 31.5. The van der Waals surface area contributed by atoms with E-state index >= 15 is 0 Å². The number of amides is 7. The fourth-order valence-corrected chi connectivity index (χ4v) is 9.37. The number of piperazine rings is 1. The van der Waals surface area contributed by atoms with Gasteiger partial charge in [0.15, 0.2) is 5.78 Å². The minimum Gasteiger partial charge on any atom is -0.481 e. The highest BCUT2D eigenvalue weighted by molar-refractivity contribution is 6.25. The summed E-state index contributed by atoms with van der Waals surface area (Å²) in [6.07, 6.45) is 1.70. The molecule has 370 valence electrons. The second-order valence-electron chi connectivity index (χ2n) is 18.5. The van der Waals surface area contributed by atoms with E-state index in [2.05, 4.69) is 23.0 Å². The third-order valence-corrected chi connectivity index (χ3v) is 13.2. The number of likely N-dealkylation sites (tertiary alicyclic amines) is 1. The first-order valence-corrected chi connectivity index (χ1v) is 23.1. The van der Waals surface area contributed by atoms with E-state index in [9.17, 15) is 43.5 Å². The van der Waals surface area contributed by atoms with Crippen molar-refractivity contribution >= 4 is 53.0 Å². The molecule has 4 heterocycles. The number of primary amides is 1. The minimum atomic E-state index is -0.971. The number of quaternary nitrogens is 1. The van der Waals surface area contributed by atoms with Crippen LogP contribution >= 0.6 is 0 Å². The monoisotopic (exact) mass is 939 g/mol. The Morgan fingerprint density at radius 1 is 0.881 bits per heavy atom. The van der Waals surface area contributed by atoms with Crippen molar-refractivity contribution in [1.82, 2.24) is 20.4 Å². The highest BCUT2D eigenvalue weighted by atomic mass is 16.5. The number of nitrogens with two attached hydrogens (primary N) is 1. The number of ether oxygens (including phenoxy) is 4. The number of carboxylic acid groups (broad SMARTS) is 1. The zero-order valence-corrected chi connectivity index (χ0v) is 39.3. The van der Waals surface area contributed by atoms with E-state index < -0.39 is 35.8 Å². The maximum atomic E-state index is 13.7. The van der Waals surface area contributed by atoms with E-state index in [1.165, 1.54) is 4.90 Å². The van der Waals surface area contributed by atoms with Crippen molar-refractivity contribution in [2.75, 3.05) is 91.3 Å². The molecular formula is C47H69N7O13. The number of imide groups is 1. The molecule has 1 aliphatic carbocycles. The van der Waals surface area contributed by atoms with Gasteiger partial charge in [0.05, 0.1) is 109 Å². The van der Waals surface area contributed by atoms with Crippen molar-refractivity contribution < 1.29 is 66.9 Å².